The lowest BCUT2D eigenvalue weighted by atomic mass is 10.1. The molecule has 0 spiro atoms. The molecule has 5 heteroatoms. The summed E-state index contributed by atoms with van der Waals surface area (Å²) in [6.45, 7) is 5.24. The molecular weight excluding hydrogens is 264 g/mol. The number of rotatable bonds is 10. The smallest absolute Gasteiger partial charge is 0.0673 e. The van der Waals surface area contributed by atoms with Gasteiger partial charge in [0.2, 0.25) is 0 Å². The SMILES string of the molecule is CCCc1cc(NCCOCCCCN)c2cn[nH]c2c1. The van der Waals surface area contributed by atoms with Gasteiger partial charge in [-0.15, -0.1) is 0 Å². The predicted molar refractivity (Wildman–Crippen MR) is 87.7 cm³/mol. The topological polar surface area (TPSA) is 76.0 Å². The molecule has 0 aliphatic carbocycles. The summed E-state index contributed by atoms with van der Waals surface area (Å²) in [7, 11) is 0. The normalized spacial score (nSPS) is 11.1. The number of fused-ring (bicyclic) bond motifs is 1. The first-order valence-corrected chi connectivity index (χ1v) is 7.82. The van der Waals surface area contributed by atoms with Crippen molar-refractivity contribution in [1.82, 2.24) is 10.2 Å². The fourth-order valence-electron chi connectivity index (χ4n) is 2.40. The highest BCUT2D eigenvalue weighted by molar-refractivity contribution is 5.91. The fourth-order valence-corrected chi connectivity index (χ4v) is 2.40. The summed E-state index contributed by atoms with van der Waals surface area (Å²) in [5.74, 6) is 0. The van der Waals surface area contributed by atoms with E-state index in [1.165, 1.54) is 5.56 Å². The number of aromatic nitrogens is 2. The molecule has 2 rings (SSSR count). The summed E-state index contributed by atoms with van der Waals surface area (Å²) >= 11 is 0. The molecule has 21 heavy (non-hydrogen) atoms. The quantitative estimate of drug-likeness (QED) is 0.588. The van der Waals surface area contributed by atoms with Gasteiger partial charge in [0.15, 0.2) is 0 Å². The number of anilines is 1. The van der Waals surface area contributed by atoms with Crippen LogP contribution in [0.25, 0.3) is 10.9 Å². The van der Waals surface area contributed by atoms with Crippen LogP contribution >= 0.6 is 0 Å². The summed E-state index contributed by atoms with van der Waals surface area (Å²) in [4.78, 5) is 0. The van der Waals surface area contributed by atoms with Crippen molar-refractivity contribution in [2.75, 3.05) is 31.6 Å². The van der Waals surface area contributed by atoms with Crippen molar-refractivity contribution in [2.24, 2.45) is 5.73 Å². The Balaban J connectivity index is 1.87. The molecule has 116 valence electrons. The highest BCUT2D eigenvalue weighted by Crippen LogP contribution is 2.24. The van der Waals surface area contributed by atoms with Crippen LogP contribution in [0.3, 0.4) is 0 Å². The number of benzene rings is 1. The number of nitrogens with one attached hydrogen (secondary N) is 2. The molecule has 0 atom stereocenters. The average molecular weight is 290 g/mol. The molecule has 1 aromatic carbocycles. The van der Waals surface area contributed by atoms with Crippen LogP contribution in [-0.4, -0.2) is 36.5 Å². The highest BCUT2D eigenvalue weighted by Gasteiger charge is 2.05. The Morgan fingerprint density at radius 1 is 1.29 bits per heavy atom. The summed E-state index contributed by atoms with van der Waals surface area (Å²) in [5.41, 5.74) is 9.01. The van der Waals surface area contributed by atoms with Gasteiger partial charge in [-0.05, 0) is 43.5 Å². The number of aromatic amines is 1. The average Bonchev–Trinajstić information content (AvgIpc) is 2.95. The number of H-pyrrole nitrogens is 1. The minimum absolute atomic E-state index is 0.710. The number of unbranched alkanes of at least 4 members (excludes halogenated alkanes) is 1. The molecule has 0 aliphatic heterocycles. The molecule has 0 radical (unpaired) electrons. The van der Waals surface area contributed by atoms with Gasteiger partial charge in [0, 0.05) is 24.2 Å². The molecule has 0 aliphatic rings. The number of ether oxygens (including phenoxy) is 1. The molecule has 0 saturated carbocycles. The Kier molecular flexibility index (Phi) is 6.50. The zero-order valence-corrected chi connectivity index (χ0v) is 12.8. The van der Waals surface area contributed by atoms with E-state index in [0.29, 0.717) is 6.61 Å². The number of hydrogen-bond donors (Lipinski definition) is 3. The van der Waals surface area contributed by atoms with Gasteiger partial charge in [0.25, 0.3) is 0 Å². The van der Waals surface area contributed by atoms with Crippen LogP contribution in [0.5, 0.6) is 0 Å². The fraction of sp³-hybridized carbons (Fsp3) is 0.562. The van der Waals surface area contributed by atoms with Crippen LogP contribution in [-0.2, 0) is 11.2 Å². The molecule has 1 heterocycles. The van der Waals surface area contributed by atoms with E-state index in [2.05, 4.69) is 34.6 Å². The van der Waals surface area contributed by atoms with E-state index in [1.807, 2.05) is 6.20 Å². The number of nitrogens with two attached hydrogens (primary N) is 1. The molecule has 0 amide bonds. The summed E-state index contributed by atoms with van der Waals surface area (Å²) in [5, 5.41) is 11.8. The first-order valence-electron chi connectivity index (χ1n) is 7.82. The van der Waals surface area contributed by atoms with Crippen molar-refractivity contribution < 1.29 is 4.74 Å². The van der Waals surface area contributed by atoms with Crippen LogP contribution < -0.4 is 11.1 Å². The molecule has 0 unspecified atom stereocenters. The monoisotopic (exact) mass is 290 g/mol. The summed E-state index contributed by atoms with van der Waals surface area (Å²) < 4.78 is 5.59. The van der Waals surface area contributed by atoms with Crippen LogP contribution in [0.1, 0.15) is 31.7 Å². The lowest BCUT2D eigenvalue weighted by molar-refractivity contribution is 0.140. The summed E-state index contributed by atoms with van der Waals surface area (Å²) in [6.07, 6.45) is 6.16. The minimum Gasteiger partial charge on any atom is -0.382 e. The third-order valence-electron chi connectivity index (χ3n) is 3.46. The molecule has 2 aromatic rings. The Morgan fingerprint density at radius 3 is 3.00 bits per heavy atom. The van der Waals surface area contributed by atoms with E-state index in [0.717, 1.165) is 62.0 Å². The molecule has 0 bridgehead atoms. The molecular formula is C16H26N4O. The number of nitrogens with zero attached hydrogens (tertiary/aromatic N) is 1. The van der Waals surface area contributed by atoms with E-state index in [4.69, 9.17) is 10.5 Å². The first-order chi connectivity index (χ1) is 10.3. The second-order valence-corrected chi connectivity index (χ2v) is 5.26. The van der Waals surface area contributed by atoms with Crippen molar-refractivity contribution in [3.05, 3.63) is 23.9 Å². The van der Waals surface area contributed by atoms with Gasteiger partial charge in [-0.25, -0.2) is 0 Å². The van der Waals surface area contributed by atoms with Gasteiger partial charge in [-0.2, -0.15) is 5.10 Å². The molecule has 0 saturated heterocycles. The zero-order valence-electron chi connectivity index (χ0n) is 12.8. The van der Waals surface area contributed by atoms with Gasteiger partial charge in [-0.3, -0.25) is 5.10 Å². The standard InChI is InChI=1S/C16H26N4O/c1-2-5-13-10-15(14-12-19-20-16(14)11-13)18-7-9-21-8-4-3-6-17/h10-12,18H,2-9,17H2,1H3,(H,19,20). The van der Waals surface area contributed by atoms with E-state index >= 15 is 0 Å². The Bertz CT molecular complexity index is 538. The minimum atomic E-state index is 0.710. The van der Waals surface area contributed by atoms with Crippen molar-refractivity contribution in [3.63, 3.8) is 0 Å². The second kappa shape index (κ2) is 8.64. The van der Waals surface area contributed by atoms with Gasteiger partial charge in [-0.1, -0.05) is 13.3 Å². The van der Waals surface area contributed by atoms with Gasteiger partial charge < -0.3 is 15.8 Å². The Hall–Kier alpha value is -1.59. The van der Waals surface area contributed by atoms with Gasteiger partial charge in [0.1, 0.15) is 0 Å². The summed E-state index contributed by atoms with van der Waals surface area (Å²) in [6, 6.07) is 4.40. The van der Waals surface area contributed by atoms with E-state index in [1.54, 1.807) is 0 Å². The van der Waals surface area contributed by atoms with Crippen molar-refractivity contribution in [3.8, 4) is 0 Å². The highest BCUT2D eigenvalue weighted by atomic mass is 16.5. The van der Waals surface area contributed by atoms with Crippen LogP contribution in [0.4, 0.5) is 5.69 Å². The molecule has 4 N–H and O–H groups in total. The number of hydrogen-bond acceptors (Lipinski definition) is 4. The first kappa shape index (κ1) is 15.8. The number of aryl methyl sites for hydroxylation is 1. The zero-order chi connectivity index (χ0) is 14.9. The third kappa shape index (κ3) is 4.72. The lowest BCUT2D eigenvalue weighted by Gasteiger charge is -2.10. The van der Waals surface area contributed by atoms with Gasteiger partial charge >= 0.3 is 0 Å². The van der Waals surface area contributed by atoms with Crippen molar-refractivity contribution >= 4 is 16.6 Å². The van der Waals surface area contributed by atoms with Crippen molar-refractivity contribution in [1.29, 1.82) is 0 Å². The van der Waals surface area contributed by atoms with E-state index < -0.39 is 0 Å². The predicted octanol–water partition coefficient (Wildman–Crippen LogP) is 2.68. The van der Waals surface area contributed by atoms with Gasteiger partial charge in [0.05, 0.1) is 18.3 Å². The van der Waals surface area contributed by atoms with E-state index in [-0.39, 0.29) is 0 Å². The molecule has 5 nitrogen and oxygen atoms in total. The largest absolute Gasteiger partial charge is 0.382 e. The maximum absolute atomic E-state index is 5.59. The van der Waals surface area contributed by atoms with Crippen LogP contribution in [0, 0.1) is 0 Å². The van der Waals surface area contributed by atoms with Crippen LogP contribution in [0.15, 0.2) is 18.3 Å². The molecule has 0 fully saturated rings. The Morgan fingerprint density at radius 2 is 2.19 bits per heavy atom. The van der Waals surface area contributed by atoms with Crippen LogP contribution in [0.2, 0.25) is 0 Å². The lowest BCUT2D eigenvalue weighted by Crippen LogP contribution is -2.11. The molecule has 1 aromatic heterocycles. The Labute approximate surface area is 126 Å². The maximum Gasteiger partial charge on any atom is 0.0673 e. The second-order valence-electron chi connectivity index (χ2n) is 5.26. The van der Waals surface area contributed by atoms with Crippen molar-refractivity contribution in [2.45, 2.75) is 32.6 Å². The maximum atomic E-state index is 5.59. The van der Waals surface area contributed by atoms with E-state index in [9.17, 15) is 0 Å². The third-order valence-corrected chi connectivity index (χ3v) is 3.46.